The van der Waals surface area contributed by atoms with E-state index in [-0.39, 0.29) is 36.9 Å². The number of benzene rings is 2. The van der Waals surface area contributed by atoms with E-state index >= 15 is 0 Å². The lowest BCUT2D eigenvalue weighted by Crippen LogP contribution is -2.43. The van der Waals surface area contributed by atoms with Crippen LogP contribution in [0.25, 0.3) is 11.5 Å². The average molecular weight is 475 g/mol. The molecule has 35 heavy (non-hydrogen) atoms. The maximum Gasteiger partial charge on any atom is 0.247 e. The van der Waals surface area contributed by atoms with Gasteiger partial charge in [0.1, 0.15) is 0 Å². The molecule has 3 aromatic rings. The van der Waals surface area contributed by atoms with Gasteiger partial charge in [0.15, 0.2) is 11.5 Å². The minimum atomic E-state index is -0.338. The molecule has 0 N–H and O–H groups in total. The molecule has 0 spiro atoms. The molecule has 9 heteroatoms. The summed E-state index contributed by atoms with van der Waals surface area (Å²) in [4.78, 5) is 29.6. The van der Waals surface area contributed by atoms with Crippen molar-refractivity contribution in [3.63, 3.8) is 0 Å². The molecule has 3 aliphatic heterocycles. The van der Waals surface area contributed by atoms with Crippen molar-refractivity contribution in [2.45, 2.75) is 32.1 Å². The van der Waals surface area contributed by atoms with Crippen molar-refractivity contribution in [3.8, 4) is 23.0 Å². The van der Waals surface area contributed by atoms with E-state index in [4.69, 9.17) is 13.9 Å². The zero-order valence-corrected chi connectivity index (χ0v) is 19.5. The Morgan fingerprint density at radius 3 is 2.71 bits per heavy atom. The van der Waals surface area contributed by atoms with Crippen molar-refractivity contribution in [2.24, 2.45) is 5.92 Å². The Hall–Kier alpha value is -3.88. The second-order valence-corrected chi connectivity index (χ2v) is 9.38. The minimum Gasteiger partial charge on any atom is -0.454 e. The summed E-state index contributed by atoms with van der Waals surface area (Å²) in [5, 5.41) is 8.51. The van der Waals surface area contributed by atoms with E-state index in [1.165, 1.54) is 0 Å². The summed E-state index contributed by atoms with van der Waals surface area (Å²) in [5.41, 5.74) is 2.74. The predicted octanol–water partition coefficient (Wildman–Crippen LogP) is 3.53. The number of aryl methyl sites for hydroxylation is 1. The van der Waals surface area contributed by atoms with E-state index in [2.05, 4.69) is 10.2 Å². The van der Waals surface area contributed by atoms with Gasteiger partial charge in [-0.1, -0.05) is 17.7 Å². The van der Waals surface area contributed by atoms with Crippen LogP contribution in [0.15, 0.2) is 46.9 Å². The fourth-order valence-corrected chi connectivity index (χ4v) is 5.03. The van der Waals surface area contributed by atoms with Crippen LogP contribution in [0, 0.1) is 12.8 Å². The van der Waals surface area contributed by atoms with E-state index in [9.17, 15) is 9.59 Å². The quantitative estimate of drug-likeness (QED) is 0.570. The number of anilines is 1. The van der Waals surface area contributed by atoms with E-state index in [1.54, 1.807) is 4.90 Å². The molecule has 0 radical (unpaired) electrons. The Labute approximate surface area is 202 Å². The number of aromatic nitrogens is 2. The SMILES string of the molecule is Cc1ccc(N2CC(C(=O)N3CCCC(c4nnc(-c5ccc6c(c5)OCO6)o4)C3)CC2=O)cc1. The molecule has 2 unspecified atom stereocenters. The maximum atomic E-state index is 13.3. The summed E-state index contributed by atoms with van der Waals surface area (Å²) in [7, 11) is 0. The van der Waals surface area contributed by atoms with Gasteiger partial charge in [0.05, 0.1) is 11.8 Å². The highest BCUT2D eigenvalue weighted by Gasteiger charge is 2.39. The van der Waals surface area contributed by atoms with Crippen LogP contribution in [0.5, 0.6) is 11.5 Å². The fraction of sp³-hybridized carbons (Fsp3) is 0.385. The largest absolute Gasteiger partial charge is 0.454 e. The Morgan fingerprint density at radius 1 is 1.03 bits per heavy atom. The van der Waals surface area contributed by atoms with Gasteiger partial charge >= 0.3 is 0 Å². The van der Waals surface area contributed by atoms with Gasteiger partial charge in [-0.15, -0.1) is 10.2 Å². The average Bonchev–Trinajstić information content (AvgIpc) is 3.63. The van der Waals surface area contributed by atoms with Gasteiger partial charge in [0, 0.05) is 37.3 Å². The molecule has 6 rings (SSSR count). The summed E-state index contributed by atoms with van der Waals surface area (Å²) in [6.07, 6.45) is 1.95. The third kappa shape index (κ3) is 4.11. The van der Waals surface area contributed by atoms with Gasteiger partial charge in [-0.2, -0.15) is 0 Å². The molecule has 0 saturated carbocycles. The normalized spacial score (nSPS) is 21.6. The summed E-state index contributed by atoms with van der Waals surface area (Å²) in [6, 6.07) is 13.3. The number of ether oxygens (including phenoxy) is 2. The lowest BCUT2D eigenvalue weighted by molar-refractivity contribution is -0.137. The molecule has 2 aromatic carbocycles. The lowest BCUT2D eigenvalue weighted by Gasteiger charge is -2.32. The molecular formula is C26H26N4O5. The van der Waals surface area contributed by atoms with Crippen LogP contribution in [-0.2, 0) is 9.59 Å². The van der Waals surface area contributed by atoms with Gasteiger partial charge in [-0.25, -0.2) is 0 Å². The zero-order valence-electron chi connectivity index (χ0n) is 19.5. The van der Waals surface area contributed by atoms with Crippen LogP contribution in [-0.4, -0.2) is 53.3 Å². The highest BCUT2D eigenvalue weighted by Crippen LogP contribution is 2.37. The first-order chi connectivity index (χ1) is 17.0. The number of rotatable bonds is 4. The number of carbonyl (C=O) groups excluding carboxylic acids is 2. The van der Waals surface area contributed by atoms with Crippen LogP contribution in [0.4, 0.5) is 5.69 Å². The summed E-state index contributed by atoms with van der Waals surface area (Å²) in [6.45, 7) is 3.81. The topological polar surface area (TPSA) is 98.0 Å². The molecule has 0 aliphatic carbocycles. The second-order valence-electron chi connectivity index (χ2n) is 9.38. The zero-order chi connectivity index (χ0) is 23.9. The Morgan fingerprint density at radius 2 is 1.86 bits per heavy atom. The first-order valence-electron chi connectivity index (χ1n) is 11.9. The molecule has 4 heterocycles. The highest BCUT2D eigenvalue weighted by atomic mass is 16.7. The van der Waals surface area contributed by atoms with E-state index in [1.807, 2.05) is 54.3 Å². The number of hydrogen-bond acceptors (Lipinski definition) is 7. The van der Waals surface area contributed by atoms with Crippen molar-refractivity contribution in [1.82, 2.24) is 15.1 Å². The number of fused-ring (bicyclic) bond motifs is 1. The fourth-order valence-electron chi connectivity index (χ4n) is 5.03. The van der Waals surface area contributed by atoms with Gasteiger partial charge in [0.25, 0.3) is 0 Å². The van der Waals surface area contributed by atoms with Gasteiger partial charge in [-0.05, 0) is 50.1 Å². The first kappa shape index (κ1) is 21.6. The third-order valence-electron chi connectivity index (χ3n) is 6.96. The van der Waals surface area contributed by atoms with Crippen LogP contribution in [0.3, 0.4) is 0 Å². The number of carbonyl (C=O) groups is 2. The lowest BCUT2D eigenvalue weighted by atomic mass is 9.96. The van der Waals surface area contributed by atoms with Crippen molar-refractivity contribution >= 4 is 17.5 Å². The van der Waals surface area contributed by atoms with Crippen molar-refractivity contribution in [1.29, 1.82) is 0 Å². The molecule has 2 atom stereocenters. The minimum absolute atomic E-state index is 0.00830. The molecule has 9 nitrogen and oxygen atoms in total. The third-order valence-corrected chi connectivity index (χ3v) is 6.96. The van der Waals surface area contributed by atoms with Crippen molar-refractivity contribution < 1.29 is 23.5 Å². The molecule has 1 aromatic heterocycles. The second kappa shape index (κ2) is 8.72. The summed E-state index contributed by atoms with van der Waals surface area (Å²) < 4.78 is 16.8. The van der Waals surface area contributed by atoms with E-state index in [0.29, 0.717) is 42.9 Å². The van der Waals surface area contributed by atoms with Gasteiger partial charge in [-0.3, -0.25) is 9.59 Å². The molecule has 0 bridgehead atoms. The monoisotopic (exact) mass is 474 g/mol. The summed E-state index contributed by atoms with van der Waals surface area (Å²) >= 11 is 0. The molecule has 180 valence electrons. The molecule has 2 saturated heterocycles. The number of likely N-dealkylation sites (tertiary alicyclic amines) is 1. The van der Waals surface area contributed by atoms with E-state index < -0.39 is 0 Å². The molecular weight excluding hydrogens is 448 g/mol. The highest BCUT2D eigenvalue weighted by molar-refractivity contribution is 6.00. The Kier molecular flexibility index (Phi) is 5.39. The summed E-state index contributed by atoms with van der Waals surface area (Å²) in [5.74, 6) is 1.93. The van der Waals surface area contributed by atoms with Gasteiger partial charge in [0.2, 0.25) is 30.4 Å². The number of amides is 2. The van der Waals surface area contributed by atoms with Gasteiger partial charge < -0.3 is 23.7 Å². The molecule has 2 fully saturated rings. The van der Waals surface area contributed by atoms with Crippen molar-refractivity contribution in [2.75, 3.05) is 31.3 Å². The predicted molar refractivity (Wildman–Crippen MR) is 126 cm³/mol. The number of nitrogens with zero attached hydrogens (tertiary/aromatic N) is 4. The number of hydrogen-bond donors (Lipinski definition) is 0. The van der Waals surface area contributed by atoms with Crippen LogP contribution >= 0.6 is 0 Å². The molecule has 2 amide bonds. The van der Waals surface area contributed by atoms with Crippen LogP contribution in [0.1, 0.15) is 36.6 Å². The maximum absolute atomic E-state index is 13.3. The van der Waals surface area contributed by atoms with E-state index in [0.717, 1.165) is 29.7 Å². The Balaban J connectivity index is 1.13. The van der Waals surface area contributed by atoms with Crippen LogP contribution < -0.4 is 14.4 Å². The first-order valence-corrected chi connectivity index (χ1v) is 11.9. The number of piperidine rings is 1. The molecule has 3 aliphatic rings. The standard InChI is InChI=1S/C26H26N4O5/c1-16-4-7-20(8-5-16)30-14-19(12-23(30)31)26(32)29-10-2-3-18(13-29)25-28-27-24(35-25)17-6-9-21-22(11-17)34-15-33-21/h4-9,11,18-19H,2-3,10,12-15H2,1H3. The Bertz CT molecular complexity index is 1270. The van der Waals surface area contributed by atoms with Crippen molar-refractivity contribution in [3.05, 3.63) is 53.9 Å². The van der Waals surface area contributed by atoms with Crippen LogP contribution in [0.2, 0.25) is 0 Å². The smallest absolute Gasteiger partial charge is 0.247 e.